The largest absolute Gasteiger partial charge is 0.243 e. The van der Waals surface area contributed by atoms with Crippen molar-refractivity contribution in [2.45, 2.75) is 168 Å². The molecule has 0 fully saturated rings. The van der Waals surface area contributed by atoms with E-state index >= 15 is 0 Å². The Labute approximate surface area is 512 Å². The third-order valence-corrected chi connectivity index (χ3v) is 26.5. The summed E-state index contributed by atoms with van der Waals surface area (Å²) in [6, 6.07) is 18.3. The minimum atomic E-state index is -4.15. The number of hydrogen-bond acceptors (Lipinski definition) is 10. The van der Waals surface area contributed by atoms with Gasteiger partial charge in [-0.2, -0.15) is 21.5 Å². The monoisotopic (exact) mass is 1260 g/mol. The zero-order chi connectivity index (χ0) is 63.7. The number of likely N-dealkylation sites (N-methyl/N-ethyl adjacent to an activating group) is 2. The molecule has 0 N–H and O–H groups in total. The standard InChI is InChI=1S/C65H93N5O10S5/c1-18-66(81(71,72)61-51(8)36-46(3)37-52(61)9)28-20-22-30-68(83(75,76)63-55(12)40-48(5)41-56(63)13)32-24-26-34-70(85(79,80)65-59(16)44-50(7)45-60(65)17)35-27-25-33-69(84(77,78)64-57(14)42-49(6)43-58(64)15)31-23-21-29-67(19-2)82(73,74)62-53(10)38-47(4)39-54(62)11/h20-23,36-45H,18-19,24-35H2,1-17H3/b22-20-,23-21-. The van der Waals surface area contributed by atoms with Gasteiger partial charge < -0.3 is 0 Å². The summed E-state index contributed by atoms with van der Waals surface area (Å²) >= 11 is 0. The number of benzene rings is 5. The topological polar surface area (TPSA) is 187 Å². The second-order valence-corrected chi connectivity index (χ2v) is 32.4. The van der Waals surface area contributed by atoms with E-state index < -0.39 is 50.1 Å². The van der Waals surface area contributed by atoms with E-state index in [0.717, 1.165) is 27.8 Å². The summed E-state index contributed by atoms with van der Waals surface area (Å²) in [5.74, 6) is 0. The Balaban J connectivity index is 1.42. The first kappa shape index (κ1) is 70.9. The highest BCUT2D eigenvalue weighted by molar-refractivity contribution is 7.90. The maximum absolute atomic E-state index is 15.0. The molecule has 0 unspecified atom stereocenters. The number of unbranched alkanes of at least 4 members (excludes halogenated alkanes) is 2. The smallest absolute Gasteiger partial charge is 0.207 e. The van der Waals surface area contributed by atoms with Gasteiger partial charge in [0.05, 0.1) is 24.5 Å². The van der Waals surface area contributed by atoms with Crippen molar-refractivity contribution in [3.05, 3.63) is 168 Å². The lowest BCUT2D eigenvalue weighted by molar-refractivity contribution is 0.361. The van der Waals surface area contributed by atoms with Crippen LogP contribution in [0.1, 0.15) is 123 Å². The van der Waals surface area contributed by atoms with Gasteiger partial charge in [0.25, 0.3) is 0 Å². The Kier molecular flexibility index (Phi) is 24.5. The van der Waals surface area contributed by atoms with Gasteiger partial charge in [-0.3, -0.25) is 0 Å². The van der Waals surface area contributed by atoms with Crippen LogP contribution in [0.25, 0.3) is 0 Å². The molecule has 20 heteroatoms. The van der Waals surface area contributed by atoms with Crippen LogP contribution in [0.4, 0.5) is 0 Å². The third kappa shape index (κ3) is 16.9. The van der Waals surface area contributed by atoms with Crippen LogP contribution in [0.3, 0.4) is 0 Å². The summed E-state index contributed by atoms with van der Waals surface area (Å²) in [6.07, 6.45) is 7.76. The van der Waals surface area contributed by atoms with Gasteiger partial charge in [-0.15, -0.1) is 0 Å². The number of sulfonamides is 5. The third-order valence-electron chi connectivity index (χ3n) is 15.4. The molecule has 0 atom stereocenters. The van der Waals surface area contributed by atoms with E-state index in [2.05, 4.69) is 0 Å². The van der Waals surface area contributed by atoms with Crippen LogP contribution in [0.15, 0.2) is 109 Å². The van der Waals surface area contributed by atoms with Crippen molar-refractivity contribution in [2.24, 2.45) is 0 Å². The van der Waals surface area contributed by atoms with Crippen molar-refractivity contribution >= 4 is 50.1 Å². The Morgan fingerprint density at radius 1 is 0.259 bits per heavy atom. The lowest BCUT2D eigenvalue weighted by Gasteiger charge is -2.27. The summed E-state index contributed by atoms with van der Waals surface area (Å²) in [7, 11) is -20.2. The molecule has 0 aliphatic carbocycles. The molecule has 0 spiro atoms. The molecule has 468 valence electrons. The van der Waals surface area contributed by atoms with Crippen molar-refractivity contribution in [2.75, 3.05) is 65.4 Å². The van der Waals surface area contributed by atoms with Gasteiger partial charge in [0.2, 0.25) is 50.1 Å². The van der Waals surface area contributed by atoms with Gasteiger partial charge in [-0.1, -0.05) is 127 Å². The lowest BCUT2D eigenvalue weighted by Crippen LogP contribution is -2.37. The molecule has 0 bridgehead atoms. The lowest BCUT2D eigenvalue weighted by atomic mass is 10.1. The Hall–Kier alpha value is -4.87. The molecule has 5 rings (SSSR count). The van der Waals surface area contributed by atoms with E-state index in [4.69, 9.17) is 0 Å². The zero-order valence-electron chi connectivity index (χ0n) is 53.3. The van der Waals surface area contributed by atoms with E-state index in [1.165, 1.54) is 21.5 Å². The SMILES string of the molecule is CCN(C/C=C\CN(CCCCN(CCCCN(C/C=C\CN(CC)S(=O)(=O)c1c(C)cc(C)cc1C)S(=O)(=O)c1c(C)cc(C)cc1C)S(=O)(=O)c1c(C)cc(C)cc1C)S(=O)(=O)c1c(C)cc(C)cc1C)S(=O)(=O)c1c(C)cc(C)cc1C. The molecular weight excluding hydrogens is 1170 g/mol. The summed E-state index contributed by atoms with van der Waals surface area (Å²) in [4.78, 5) is 1.06. The van der Waals surface area contributed by atoms with E-state index in [1.807, 2.05) is 95.3 Å². The molecule has 85 heavy (non-hydrogen) atoms. The number of hydrogen-bond donors (Lipinski definition) is 0. The second kappa shape index (κ2) is 29.4. The van der Waals surface area contributed by atoms with Gasteiger partial charge >= 0.3 is 0 Å². The highest BCUT2D eigenvalue weighted by Crippen LogP contribution is 2.31. The van der Waals surface area contributed by atoms with Gasteiger partial charge in [-0.25, -0.2) is 42.1 Å². The van der Waals surface area contributed by atoms with Crippen molar-refractivity contribution in [1.29, 1.82) is 0 Å². The predicted octanol–water partition coefficient (Wildman–Crippen LogP) is 11.8. The predicted molar refractivity (Wildman–Crippen MR) is 345 cm³/mol. The molecule has 5 aromatic rings. The first-order chi connectivity index (χ1) is 39.5. The first-order valence-electron chi connectivity index (χ1n) is 29.2. The minimum absolute atomic E-state index is 0.0109. The van der Waals surface area contributed by atoms with Gasteiger partial charge in [0.15, 0.2) is 0 Å². The maximum atomic E-state index is 15.0. The van der Waals surface area contributed by atoms with Crippen molar-refractivity contribution in [3.63, 3.8) is 0 Å². The van der Waals surface area contributed by atoms with Crippen LogP contribution in [0.2, 0.25) is 0 Å². The molecule has 15 nitrogen and oxygen atoms in total. The molecule has 0 saturated heterocycles. The average molecular weight is 1260 g/mol. The molecule has 0 heterocycles. The molecule has 0 radical (unpaired) electrons. The highest BCUT2D eigenvalue weighted by Gasteiger charge is 2.33. The molecule has 5 aromatic carbocycles. The van der Waals surface area contributed by atoms with Crippen LogP contribution < -0.4 is 0 Å². The molecule has 0 aliphatic heterocycles. The van der Waals surface area contributed by atoms with Gasteiger partial charge in [-0.05, 0) is 185 Å². The van der Waals surface area contributed by atoms with Crippen molar-refractivity contribution in [1.82, 2.24) is 21.5 Å². The Bertz CT molecular complexity index is 3570. The van der Waals surface area contributed by atoms with E-state index in [1.54, 1.807) is 107 Å². The minimum Gasteiger partial charge on any atom is -0.207 e. The molecule has 0 aliphatic rings. The van der Waals surface area contributed by atoms with Gasteiger partial charge in [0.1, 0.15) is 0 Å². The van der Waals surface area contributed by atoms with E-state index in [9.17, 15) is 42.1 Å². The fourth-order valence-corrected chi connectivity index (χ4v) is 21.4. The second-order valence-electron chi connectivity index (χ2n) is 23.0. The summed E-state index contributed by atoms with van der Waals surface area (Å²) in [5, 5.41) is 0. The fraction of sp³-hybridized carbons (Fsp3) is 0.477. The van der Waals surface area contributed by atoms with Crippen molar-refractivity contribution in [3.8, 4) is 0 Å². The molecule has 0 saturated carbocycles. The number of aryl methyl sites for hydroxylation is 15. The fourth-order valence-electron chi connectivity index (χ4n) is 12.2. The average Bonchev–Trinajstić information content (AvgIpc) is 2.55. The van der Waals surface area contributed by atoms with Crippen LogP contribution in [0, 0.1) is 104 Å². The van der Waals surface area contributed by atoms with Crippen LogP contribution in [0.5, 0.6) is 0 Å². The summed E-state index contributed by atoms with van der Waals surface area (Å²) in [6.45, 7) is 31.2. The number of rotatable bonds is 30. The molecular formula is C65H93N5O10S5. The first-order valence-corrected chi connectivity index (χ1v) is 36.5. The van der Waals surface area contributed by atoms with Crippen LogP contribution in [-0.2, 0) is 50.1 Å². The van der Waals surface area contributed by atoms with E-state index in [-0.39, 0.29) is 116 Å². The molecule has 0 aromatic heterocycles. The Morgan fingerprint density at radius 2 is 0.412 bits per heavy atom. The van der Waals surface area contributed by atoms with Gasteiger partial charge in [0, 0.05) is 65.4 Å². The highest BCUT2D eigenvalue weighted by atomic mass is 32.2. The quantitative estimate of drug-likeness (QED) is 0.0316. The molecule has 0 amide bonds. The number of nitrogens with zero attached hydrogens (tertiary/aromatic N) is 5. The zero-order valence-corrected chi connectivity index (χ0v) is 57.4. The van der Waals surface area contributed by atoms with Crippen LogP contribution in [-0.4, -0.2) is 129 Å². The normalized spacial score (nSPS) is 13.2. The van der Waals surface area contributed by atoms with E-state index in [0.29, 0.717) is 55.6 Å². The summed E-state index contributed by atoms with van der Waals surface area (Å²) in [5.41, 5.74) is 10.8. The van der Waals surface area contributed by atoms with Crippen LogP contribution >= 0.6 is 0 Å². The summed E-state index contributed by atoms with van der Waals surface area (Å²) < 4.78 is 152. The Morgan fingerprint density at radius 3 is 0.600 bits per heavy atom. The van der Waals surface area contributed by atoms with Crippen molar-refractivity contribution < 1.29 is 42.1 Å². The maximum Gasteiger partial charge on any atom is 0.243 e.